The summed E-state index contributed by atoms with van der Waals surface area (Å²) in [5.74, 6) is -4.39. The summed E-state index contributed by atoms with van der Waals surface area (Å²) in [4.78, 5) is 10.3. The third kappa shape index (κ3) is 1.73. The van der Waals surface area contributed by atoms with Crippen LogP contribution < -0.4 is 10.5 Å². The van der Waals surface area contributed by atoms with Gasteiger partial charge in [0.2, 0.25) is 11.6 Å². The monoisotopic (exact) mass is 203 g/mol. The Kier molecular flexibility index (Phi) is 2.55. The molecule has 0 saturated carbocycles. The van der Waals surface area contributed by atoms with Crippen molar-refractivity contribution in [3.8, 4) is 11.5 Å². The normalized spacial score (nSPS) is 9.93. The molecule has 3 N–H and O–H groups in total. The number of halogens is 2. The number of nitrogens with two attached hydrogens (primary N) is 1. The molecule has 1 rings (SSSR count). The van der Waals surface area contributed by atoms with Crippen molar-refractivity contribution in [3.05, 3.63) is 23.3 Å². The van der Waals surface area contributed by atoms with E-state index in [0.717, 1.165) is 6.07 Å². The van der Waals surface area contributed by atoms with E-state index in [0.29, 0.717) is 0 Å². The molecule has 6 heteroatoms. The second kappa shape index (κ2) is 3.49. The van der Waals surface area contributed by atoms with Gasteiger partial charge in [-0.05, 0) is 18.6 Å². The molecule has 0 spiro atoms. The van der Waals surface area contributed by atoms with Crippen molar-refractivity contribution in [1.29, 1.82) is 0 Å². The Labute approximate surface area is 77.9 Å². The third-order valence-corrected chi connectivity index (χ3v) is 1.53. The van der Waals surface area contributed by atoms with Crippen LogP contribution in [0.2, 0.25) is 0 Å². The fraction of sp³-hybridized carbons (Fsp3) is 0.125. The van der Waals surface area contributed by atoms with Crippen molar-refractivity contribution in [3.63, 3.8) is 0 Å². The first-order chi connectivity index (χ1) is 6.43. The molecular weight excluding hydrogens is 196 g/mol. The van der Waals surface area contributed by atoms with Crippen LogP contribution in [-0.2, 0) is 0 Å². The zero-order valence-electron chi connectivity index (χ0n) is 7.17. The molecule has 1 amide bonds. The van der Waals surface area contributed by atoms with Crippen LogP contribution in [0.1, 0.15) is 5.56 Å². The van der Waals surface area contributed by atoms with Gasteiger partial charge in [0, 0.05) is 0 Å². The van der Waals surface area contributed by atoms with Crippen LogP contribution in [0.25, 0.3) is 0 Å². The summed E-state index contributed by atoms with van der Waals surface area (Å²) in [7, 11) is 0. The molecule has 0 bridgehead atoms. The average molecular weight is 203 g/mol. The summed E-state index contributed by atoms with van der Waals surface area (Å²) in [6.45, 7) is 1.33. The Balaban J connectivity index is 3.29. The van der Waals surface area contributed by atoms with E-state index in [4.69, 9.17) is 5.11 Å². The predicted octanol–water partition coefficient (Wildman–Crippen LogP) is 1.44. The highest BCUT2D eigenvalue weighted by Gasteiger charge is 2.18. The lowest BCUT2D eigenvalue weighted by Gasteiger charge is -2.07. The molecule has 0 radical (unpaired) electrons. The minimum atomic E-state index is -1.48. The van der Waals surface area contributed by atoms with Gasteiger partial charge in [-0.1, -0.05) is 0 Å². The van der Waals surface area contributed by atoms with E-state index >= 15 is 0 Å². The number of hydrogen-bond donors (Lipinski definition) is 2. The highest BCUT2D eigenvalue weighted by atomic mass is 19.2. The van der Waals surface area contributed by atoms with Crippen LogP contribution in [0, 0.1) is 18.6 Å². The molecule has 76 valence electrons. The summed E-state index contributed by atoms with van der Waals surface area (Å²) in [5.41, 5.74) is 4.71. The molecule has 0 fully saturated rings. The number of phenolic OH excluding ortho intramolecular Hbond substituents is 1. The van der Waals surface area contributed by atoms with Crippen LogP contribution in [-0.4, -0.2) is 11.2 Å². The van der Waals surface area contributed by atoms with Gasteiger partial charge in [0.25, 0.3) is 0 Å². The second-order valence-corrected chi connectivity index (χ2v) is 2.59. The number of ether oxygens (including phenoxy) is 1. The molecule has 0 aromatic heterocycles. The fourth-order valence-corrected chi connectivity index (χ4v) is 0.945. The molecule has 0 unspecified atom stereocenters. The number of phenols is 1. The van der Waals surface area contributed by atoms with Crippen molar-refractivity contribution < 1.29 is 23.4 Å². The maximum Gasteiger partial charge on any atom is 0.410 e. The highest BCUT2D eigenvalue weighted by molar-refractivity contribution is 5.68. The third-order valence-electron chi connectivity index (χ3n) is 1.53. The Hall–Kier alpha value is -1.85. The van der Waals surface area contributed by atoms with E-state index in [-0.39, 0.29) is 5.56 Å². The Bertz CT molecular complexity index is 393. The van der Waals surface area contributed by atoms with Gasteiger partial charge in [-0.3, -0.25) is 0 Å². The van der Waals surface area contributed by atoms with Crippen molar-refractivity contribution in [2.75, 3.05) is 0 Å². The Morgan fingerprint density at radius 2 is 2.07 bits per heavy atom. The van der Waals surface area contributed by atoms with Crippen LogP contribution in [0.3, 0.4) is 0 Å². The van der Waals surface area contributed by atoms with Crippen molar-refractivity contribution >= 4 is 6.09 Å². The van der Waals surface area contributed by atoms with Gasteiger partial charge in [-0.2, -0.15) is 8.78 Å². The maximum absolute atomic E-state index is 13.0. The SMILES string of the molecule is Cc1cc(O)c(F)c(F)c1OC(N)=O. The molecule has 4 nitrogen and oxygen atoms in total. The zero-order valence-corrected chi connectivity index (χ0v) is 7.17. The molecule has 0 aliphatic heterocycles. The highest BCUT2D eigenvalue weighted by Crippen LogP contribution is 2.30. The van der Waals surface area contributed by atoms with Crippen molar-refractivity contribution in [2.45, 2.75) is 6.92 Å². The summed E-state index contributed by atoms with van der Waals surface area (Å²) < 4.78 is 30.0. The first-order valence-corrected chi connectivity index (χ1v) is 3.58. The fourth-order valence-electron chi connectivity index (χ4n) is 0.945. The van der Waals surface area contributed by atoms with Crippen LogP contribution in [0.15, 0.2) is 6.07 Å². The quantitative estimate of drug-likeness (QED) is 0.725. The smallest absolute Gasteiger partial charge is 0.410 e. The molecule has 0 aliphatic rings. The number of primary amides is 1. The summed E-state index contributed by atoms with van der Waals surface area (Å²) in [5, 5.41) is 8.85. The van der Waals surface area contributed by atoms with Crippen LogP contribution in [0.5, 0.6) is 11.5 Å². The Morgan fingerprint density at radius 1 is 1.50 bits per heavy atom. The summed E-state index contributed by atoms with van der Waals surface area (Å²) in [6.07, 6.45) is -1.25. The number of aromatic hydroxyl groups is 1. The standard InChI is InChI=1S/C8H7F2NO3/c1-3-2-4(12)5(9)6(10)7(3)14-8(11)13/h2,12H,1H3,(H2,11,13). The lowest BCUT2D eigenvalue weighted by atomic mass is 10.2. The minimum Gasteiger partial charge on any atom is -0.505 e. The summed E-state index contributed by atoms with van der Waals surface area (Å²) in [6, 6.07) is 0.927. The van der Waals surface area contributed by atoms with E-state index in [1.807, 2.05) is 0 Å². The molecule has 14 heavy (non-hydrogen) atoms. The van der Waals surface area contributed by atoms with Gasteiger partial charge in [-0.25, -0.2) is 4.79 Å². The van der Waals surface area contributed by atoms with E-state index in [2.05, 4.69) is 10.5 Å². The lowest BCUT2D eigenvalue weighted by molar-refractivity contribution is 0.207. The van der Waals surface area contributed by atoms with Gasteiger partial charge in [0.05, 0.1) is 0 Å². The van der Waals surface area contributed by atoms with Gasteiger partial charge in [-0.15, -0.1) is 0 Å². The van der Waals surface area contributed by atoms with E-state index < -0.39 is 29.2 Å². The van der Waals surface area contributed by atoms with Gasteiger partial charge < -0.3 is 15.6 Å². The molecule has 1 aromatic carbocycles. The predicted molar refractivity (Wildman–Crippen MR) is 43.0 cm³/mol. The molecular formula is C8H7F2NO3. The topological polar surface area (TPSA) is 72.6 Å². The van der Waals surface area contributed by atoms with Crippen molar-refractivity contribution in [1.82, 2.24) is 0 Å². The zero-order chi connectivity index (χ0) is 10.9. The first kappa shape index (κ1) is 10.2. The molecule has 0 aliphatic carbocycles. The van der Waals surface area contributed by atoms with Gasteiger partial charge in [0.15, 0.2) is 11.5 Å². The Morgan fingerprint density at radius 3 is 2.57 bits per heavy atom. The van der Waals surface area contributed by atoms with Gasteiger partial charge >= 0.3 is 6.09 Å². The van der Waals surface area contributed by atoms with Crippen LogP contribution in [0.4, 0.5) is 13.6 Å². The van der Waals surface area contributed by atoms with E-state index in [1.165, 1.54) is 6.92 Å². The molecule has 1 aromatic rings. The van der Waals surface area contributed by atoms with Gasteiger partial charge in [0.1, 0.15) is 0 Å². The minimum absolute atomic E-state index is 0.0696. The van der Waals surface area contributed by atoms with Crippen LogP contribution >= 0.6 is 0 Å². The summed E-state index contributed by atoms with van der Waals surface area (Å²) >= 11 is 0. The number of rotatable bonds is 1. The lowest BCUT2D eigenvalue weighted by Crippen LogP contribution is -2.18. The van der Waals surface area contributed by atoms with E-state index in [1.54, 1.807) is 0 Å². The number of aryl methyl sites for hydroxylation is 1. The number of carbonyl (C=O) groups is 1. The molecule has 0 atom stereocenters. The number of amides is 1. The second-order valence-electron chi connectivity index (χ2n) is 2.59. The molecule has 0 heterocycles. The van der Waals surface area contributed by atoms with E-state index in [9.17, 15) is 13.6 Å². The number of benzene rings is 1. The molecule has 0 saturated heterocycles. The number of hydrogen-bond acceptors (Lipinski definition) is 3. The number of carbonyl (C=O) groups excluding carboxylic acids is 1. The van der Waals surface area contributed by atoms with Crippen molar-refractivity contribution in [2.24, 2.45) is 5.73 Å². The first-order valence-electron chi connectivity index (χ1n) is 3.58. The maximum atomic E-state index is 13.0. The largest absolute Gasteiger partial charge is 0.505 e. The average Bonchev–Trinajstić information content (AvgIpc) is 2.09.